The summed E-state index contributed by atoms with van der Waals surface area (Å²) in [5.74, 6) is -7.71. The molecule has 1 heterocycles. The average Bonchev–Trinajstić information content (AvgIpc) is 2.90. The molecular weight excluding hydrogens is 386 g/mol. The fourth-order valence-electron chi connectivity index (χ4n) is 2.70. The summed E-state index contributed by atoms with van der Waals surface area (Å²) in [4.78, 5) is 35.8. The third-order valence-corrected chi connectivity index (χ3v) is 4.41. The molecule has 0 saturated carbocycles. The minimum absolute atomic E-state index is 0.0427. The SMILES string of the molecule is Cc1ccc(C(=O)OC[C@@H]2OC(=O)C(F)(F)[C@@H]2OC(=O)c2ccc(C)cc2)cc1. The number of aryl methyl sites for hydroxylation is 2. The summed E-state index contributed by atoms with van der Waals surface area (Å²) < 4.78 is 42.8. The van der Waals surface area contributed by atoms with E-state index in [2.05, 4.69) is 4.74 Å². The van der Waals surface area contributed by atoms with Crippen molar-refractivity contribution < 1.29 is 37.4 Å². The van der Waals surface area contributed by atoms with Crippen molar-refractivity contribution in [3.63, 3.8) is 0 Å². The molecule has 3 rings (SSSR count). The Morgan fingerprint density at radius 1 is 0.931 bits per heavy atom. The number of carbonyl (C=O) groups is 3. The highest BCUT2D eigenvalue weighted by atomic mass is 19.3. The van der Waals surface area contributed by atoms with E-state index in [4.69, 9.17) is 9.47 Å². The number of alkyl halides is 2. The van der Waals surface area contributed by atoms with Crippen LogP contribution in [0.15, 0.2) is 48.5 Å². The van der Waals surface area contributed by atoms with Gasteiger partial charge in [0.05, 0.1) is 11.1 Å². The van der Waals surface area contributed by atoms with E-state index in [9.17, 15) is 23.2 Å². The highest BCUT2D eigenvalue weighted by Gasteiger charge is 2.63. The van der Waals surface area contributed by atoms with Crippen molar-refractivity contribution in [3.05, 3.63) is 70.8 Å². The van der Waals surface area contributed by atoms with Crippen LogP contribution in [0.2, 0.25) is 0 Å². The summed E-state index contributed by atoms with van der Waals surface area (Å²) in [7, 11) is 0. The van der Waals surface area contributed by atoms with Gasteiger partial charge in [0.25, 0.3) is 0 Å². The second kappa shape index (κ2) is 7.98. The molecule has 0 bridgehead atoms. The molecule has 1 saturated heterocycles. The van der Waals surface area contributed by atoms with Crippen molar-refractivity contribution >= 4 is 17.9 Å². The van der Waals surface area contributed by atoms with Crippen LogP contribution in [0.25, 0.3) is 0 Å². The Morgan fingerprint density at radius 3 is 1.93 bits per heavy atom. The van der Waals surface area contributed by atoms with Crippen molar-refractivity contribution in [2.45, 2.75) is 32.0 Å². The Kier molecular flexibility index (Phi) is 5.63. The zero-order valence-electron chi connectivity index (χ0n) is 15.7. The largest absolute Gasteiger partial charge is 0.458 e. The quantitative estimate of drug-likeness (QED) is 0.562. The minimum Gasteiger partial charge on any atom is -0.458 e. The van der Waals surface area contributed by atoms with Gasteiger partial charge >= 0.3 is 23.8 Å². The number of hydrogen-bond donors (Lipinski definition) is 0. The third kappa shape index (κ3) is 4.42. The first-order valence-electron chi connectivity index (χ1n) is 8.79. The van der Waals surface area contributed by atoms with Crippen molar-refractivity contribution in [2.75, 3.05) is 6.61 Å². The predicted octanol–water partition coefficient (Wildman–Crippen LogP) is 3.25. The van der Waals surface area contributed by atoms with Gasteiger partial charge in [-0.25, -0.2) is 14.4 Å². The molecule has 0 aromatic heterocycles. The van der Waals surface area contributed by atoms with E-state index in [1.807, 2.05) is 6.92 Å². The third-order valence-electron chi connectivity index (χ3n) is 4.41. The van der Waals surface area contributed by atoms with Crippen LogP contribution in [0.4, 0.5) is 8.78 Å². The second-order valence-corrected chi connectivity index (χ2v) is 6.72. The molecule has 29 heavy (non-hydrogen) atoms. The second-order valence-electron chi connectivity index (χ2n) is 6.72. The molecule has 1 aliphatic heterocycles. The maximum atomic E-state index is 14.2. The van der Waals surface area contributed by atoms with Crippen LogP contribution in [0.3, 0.4) is 0 Å². The maximum Gasteiger partial charge on any atom is 0.382 e. The van der Waals surface area contributed by atoms with Gasteiger partial charge in [-0.05, 0) is 38.1 Å². The Morgan fingerprint density at radius 2 is 1.41 bits per heavy atom. The van der Waals surface area contributed by atoms with E-state index >= 15 is 0 Å². The number of hydrogen-bond acceptors (Lipinski definition) is 6. The van der Waals surface area contributed by atoms with Crippen LogP contribution in [0.5, 0.6) is 0 Å². The van der Waals surface area contributed by atoms with Crippen LogP contribution < -0.4 is 0 Å². The van der Waals surface area contributed by atoms with E-state index in [0.717, 1.165) is 11.1 Å². The normalized spacial score (nSPS) is 20.1. The van der Waals surface area contributed by atoms with E-state index in [-0.39, 0.29) is 11.1 Å². The first-order chi connectivity index (χ1) is 13.7. The molecule has 2 aromatic carbocycles. The lowest BCUT2D eigenvalue weighted by atomic mass is 10.1. The van der Waals surface area contributed by atoms with E-state index in [1.54, 1.807) is 31.2 Å². The summed E-state index contributed by atoms with van der Waals surface area (Å²) in [6, 6.07) is 12.5. The fraction of sp³-hybridized carbons (Fsp3) is 0.286. The summed E-state index contributed by atoms with van der Waals surface area (Å²) in [6.45, 7) is 2.95. The Bertz CT molecular complexity index is 921. The summed E-state index contributed by atoms with van der Waals surface area (Å²) in [6.07, 6.45) is -3.84. The van der Waals surface area contributed by atoms with Crippen molar-refractivity contribution in [3.8, 4) is 0 Å². The molecule has 152 valence electrons. The molecule has 1 fully saturated rings. The molecule has 0 spiro atoms. The molecule has 6 nitrogen and oxygen atoms in total. The lowest BCUT2D eigenvalue weighted by Gasteiger charge is -2.20. The molecule has 1 aliphatic rings. The number of carbonyl (C=O) groups excluding carboxylic acids is 3. The Hall–Kier alpha value is -3.29. The first-order valence-corrected chi connectivity index (χ1v) is 8.79. The van der Waals surface area contributed by atoms with E-state index in [1.165, 1.54) is 24.3 Å². The molecule has 0 amide bonds. The number of cyclic esters (lactones) is 1. The Labute approximate surface area is 165 Å². The number of benzene rings is 2. The number of rotatable bonds is 5. The molecule has 0 N–H and O–H groups in total. The van der Waals surface area contributed by atoms with Crippen LogP contribution in [-0.4, -0.2) is 42.6 Å². The smallest absolute Gasteiger partial charge is 0.382 e. The topological polar surface area (TPSA) is 78.9 Å². The molecule has 2 aromatic rings. The van der Waals surface area contributed by atoms with Gasteiger partial charge < -0.3 is 14.2 Å². The van der Waals surface area contributed by atoms with Crippen LogP contribution in [0.1, 0.15) is 31.8 Å². The molecule has 0 radical (unpaired) electrons. The van der Waals surface area contributed by atoms with Crippen molar-refractivity contribution in [2.24, 2.45) is 0 Å². The number of halogens is 2. The van der Waals surface area contributed by atoms with Gasteiger partial charge in [-0.2, -0.15) is 8.78 Å². The van der Waals surface area contributed by atoms with Gasteiger partial charge in [0.15, 0.2) is 6.10 Å². The van der Waals surface area contributed by atoms with E-state index in [0.29, 0.717) is 0 Å². The van der Waals surface area contributed by atoms with E-state index < -0.39 is 42.6 Å². The molecule has 2 atom stereocenters. The molecule has 0 unspecified atom stereocenters. The molecule has 8 heteroatoms. The average molecular weight is 404 g/mol. The first kappa shape index (κ1) is 20.4. The minimum atomic E-state index is -4.05. The zero-order chi connectivity index (χ0) is 21.2. The van der Waals surface area contributed by atoms with Gasteiger partial charge in [-0.3, -0.25) is 0 Å². The Balaban J connectivity index is 1.70. The predicted molar refractivity (Wildman–Crippen MR) is 96.7 cm³/mol. The summed E-state index contributed by atoms with van der Waals surface area (Å²) in [5.41, 5.74) is 2.04. The molecule has 0 aliphatic carbocycles. The van der Waals surface area contributed by atoms with Crippen LogP contribution in [0, 0.1) is 13.8 Å². The van der Waals surface area contributed by atoms with Gasteiger partial charge in [0.2, 0.25) is 6.10 Å². The van der Waals surface area contributed by atoms with Gasteiger partial charge in [-0.1, -0.05) is 35.4 Å². The fourth-order valence-corrected chi connectivity index (χ4v) is 2.70. The van der Waals surface area contributed by atoms with Crippen LogP contribution in [-0.2, 0) is 19.0 Å². The highest BCUT2D eigenvalue weighted by Crippen LogP contribution is 2.35. The summed E-state index contributed by atoms with van der Waals surface area (Å²) >= 11 is 0. The number of ether oxygens (including phenoxy) is 3. The van der Waals surface area contributed by atoms with Gasteiger partial charge in [0, 0.05) is 0 Å². The maximum absolute atomic E-state index is 14.2. The van der Waals surface area contributed by atoms with Gasteiger partial charge in [0.1, 0.15) is 6.61 Å². The number of esters is 3. The van der Waals surface area contributed by atoms with Crippen LogP contribution >= 0.6 is 0 Å². The van der Waals surface area contributed by atoms with Crippen molar-refractivity contribution in [1.82, 2.24) is 0 Å². The summed E-state index contributed by atoms with van der Waals surface area (Å²) in [5, 5.41) is 0. The zero-order valence-corrected chi connectivity index (χ0v) is 15.7. The highest BCUT2D eigenvalue weighted by molar-refractivity contribution is 5.91. The molecular formula is C21H18F2O6. The lowest BCUT2D eigenvalue weighted by Crippen LogP contribution is -2.43. The lowest BCUT2D eigenvalue weighted by molar-refractivity contribution is -0.163. The monoisotopic (exact) mass is 404 g/mol. The van der Waals surface area contributed by atoms with Crippen molar-refractivity contribution in [1.29, 1.82) is 0 Å². The van der Waals surface area contributed by atoms with Gasteiger partial charge in [-0.15, -0.1) is 0 Å². The standard InChI is InChI=1S/C21H18F2O6/c1-12-3-7-14(8-4-12)18(24)27-11-16-17(21(22,23)20(26)28-16)29-19(25)15-9-5-13(2)6-10-15/h3-10,16-17H,11H2,1-2H3/t16-,17+/m0/s1.